The molecule has 0 saturated carbocycles. The molecule has 1 unspecified atom stereocenters. The Balaban J connectivity index is 2.21. The van der Waals surface area contributed by atoms with Crippen molar-refractivity contribution in [2.24, 2.45) is 5.92 Å². The van der Waals surface area contributed by atoms with E-state index in [2.05, 4.69) is 5.32 Å². The SMILES string of the molecule is CCNC(=O)C1CCCN(C(=O)c2cc(F)ccc2[N+](=O)[O-])C1. The zero-order chi connectivity index (χ0) is 17.0. The summed E-state index contributed by atoms with van der Waals surface area (Å²) in [5.41, 5.74) is -0.719. The number of carbonyl (C=O) groups excluding carboxylic acids is 2. The number of hydrogen-bond acceptors (Lipinski definition) is 4. The fraction of sp³-hybridized carbons (Fsp3) is 0.467. The van der Waals surface area contributed by atoms with E-state index in [0.29, 0.717) is 25.9 Å². The van der Waals surface area contributed by atoms with E-state index < -0.39 is 22.3 Å². The normalized spacial score (nSPS) is 17.7. The molecule has 1 aliphatic heterocycles. The summed E-state index contributed by atoms with van der Waals surface area (Å²) in [5, 5.41) is 13.7. The highest BCUT2D eigenvalue weighted by molar-refractivity contribution is 5.98. The third-order valence-electron chi connectivity index (χ3n) is 3.82. The van der Waals surface area contributed by atoms with Gasteiger partial charge >= 0.3 is 0 Å². The Bertz CT molecular complexity index is 635. The maximum Gasteiger partial charge on any atom is 0.282 e. The highest BCUT2D eigenvalue weighted by atomic mass is 19.1. The number of nitrogens with one attached hydrogen (secondary N) is 1. The van der Waals surface area contributed by atoms with Crippen LogP contribution in [-0.4, -0.2) is 41.3 Å². The summed E-state index contributed by atoms with van der Waals surface area (Å²) in [5.74, 6) is -1.82. The Morgan fingerprint density at radius 2 is 2.22 bits per heavy atom. The average Bonchev–Trinajstić information content (AvgIpc) is 2.54. The molecular formula is C15H18FN3O4. The molecular weight excluding hydrogens is 305 g/mol. The van der Waals surface area contributed by atoms with Crippen molar-refractivity contribution >= 4 is 17.5 Å². The molecule has 7 nitrogen and oxygen atoms in total. The van der Waals surface area contributed by atoms with Gasteiger partial charge in [-0.15, -0.1) is 0 Å². The van der Waals surface area contributed by atoms with Crippen molar-refractivity contribution in [2.45, 2.75) is 19.8 Å². The lowest BCUT2D eigenvalue weighted by Gasteiger charge is -2.32. The number of nitro benzene ring substituents is 1. The number of rotatable bonds is 4. The molecule has 1 aliphatic rings. The second-order valence-electron chi connectivity index (χ2n) is 5.40. The van der Waals surface area contributed by atoms with Crippen LogP contribution >= 0.6 is 0 Å². The van der Waals surface area contributed by atoms with Gasteiger partial charge in [0.05, 0.1) is 10.8 Å². The minimum absolute atomic E-state index is 0.140. The van der Waals surface area contributed by atoms with Crippen molar-refractivity contribution in [1.29, 1.82) is 0 Å². The molecule has 124 valence electrons. The molecule has 2 amide bonds. The first kappa shape index (κ1) is 16.9. The lowest BCUT2D eigenvalue weighted by molar-refractivity contribution is -0.385. The summed E-state index contributed by atoms with van der Waals surface area (Å²) >= 11 is 0. The number of piperidine rings is 1. The molecule has 1 aromatic rings. The molecule has 1 N–H and O–H groups in total. The van der Waals surface area contributed by atoms with Crippen LogP contribution in [-0.2, 0) is 4.79 Å². The van der Waals surface area contributed by atoms with Gasteiger partial charge < -0.3 is 10.2 Å². The number of benzene rings is 1. The molecule has 1 aromatic carbocycles. The Labute approximate surface area is 132 Å². The van der Waals surface area contributed by atoms with E-state index in [1.165, 1.54) is 4.90 Å². The molecule has 8 heteroatoms. The topological polar surface area (TPSA) is 92.6 Å². The van der Waals surface area contributed by atoms with Crippen LogP contribution in [0.2, 0.25) is 0 Å². The van der Waals surface area contributed by atoms with Crippen LogP contribution in [0.15, 0.2) is 18.2 Å². The van der Waals surface area contributed by atoms with Gasteiger partial charge in [-0.2, -0.15) is 0 Å². The number of carbonyl (C=O) groups is 2. The quantitative estimate of drug-likeness (QED) is 0.674. The monoisotopic (exact) mass is 323 g/mol. The van der Waals surface area contributed by atoms with Gasteiger partial charge in [0.15, 0.2) is 0 Å². The van der Waals surface area contributed by atoms with E-state index in [1.807, 2.05) is 0 Å². The van der Waals surface area contributed by atoms with E-state index in [1.54, 1.807) is 6.92 Å². The van der Waals surface area contributed by atoms with Gasteiger partial charge in [0.25, 0.3) is 11.6 Å². The second kappa shape index (κ2) is 7.17. The fourth-order valence-corrected chi connectivity index (χ4v) is 2.70. The van der Waals surface area contributed by atoms with Crippen molar-refractivity contribution < 1.29 is 18.9 Å². The molecule has 0 aliphatic carbocycles. The van der Waals surface area contributed by atoms with E-state index in [4.69, 9.17) is 0 Å². The maximum absolute atomic E-state index is 13.4. The summed E-state index contributed by atoms with van der Waals surface area (Å²) in [7, 11) is 0. The summed E-state index contributed by atoms with van der Waals surface area (Å²) < 4.78 is 13.4. The first-order chi connectivity index (χ1) is 10.9. The summed E-state index contributed by atoms with van der Waals surface area (Å²) in [6, 6.07) is 2.80. The number of nitrogens with zero attached hydrogens (tertiary/aromatic N) is 2. The Kier molecular flexibility index (Phi) is 5.25. The van der Waals surface area contributed by atoms with Crippen molar-refractivity contribution in [3.8, 4) is 0 Å². The lowest BCUT2D eigenvalue weighted by atomic mass is 9.96. The van der Waals surface area contributed by atoms with Gasteiger partial charge in [-0.25, -0.2) is 4.39 Å². The number of likely N-dealkylation sites (tertiary alicyclic amines) is 1. The van der Waals surface area contributed by atoms with Crippen molar-refractivity contribution in [2.75, 3.05) is 19.6 Å². The van der Waals surface area contributed by atoms with Crippen LogP contribution in [0.5, 0.6) is 0 Å². The Morgan fingerprint density at radius 3 is 2.87 bits per heavy atom. The van der Waals surface area contributed by atoms with Crippen LogP contribution in [0.3, 0.4) is 0 Å². The molecule has 1 heterocycles. The lowest BCUT2D eigenvalue weighted by Crippen LogP contribution is -2.45. The number of hydrogen-bond donors (Lipinski definition) is 1. The van der Waals surface area contributed by atoms with Crippen LogP contribution in [0.4, 0.5) is 10.1 Å². The van der Waals surface area contributed by atoms with E-state index in [-0.39, 0.29) is 23.9 Å². The largest absolute Gasteiger partial charge is 0.356 e. The first-order valence-electron chi connectivity index (χ1n) is 7.45. The Hall–Kier alpha value is -2.51. The maximum atomic E-state index is 13.4. The van der Waals surface area contributed by atoms with Gasteiger partial charge in [-0.1, -0.05) is 0 Å². The average molecular weight is 323 g/mol. The zero-order valence-corrected chi connectivity index (χ0v) is 12.8. The Morgan fingerprint density at radius 1 is 1.48 bits per heavy atom. The number of nitro groups is 1. The second-order valence-corrected chi connectivity index (χ2v) is 5.40. The fourth-order valence-electron chi connectivity index (χ4n) is 2.70. The van der Waals surface area contributed by atoms with Crippen LogP contribution in [0, 0.1) is 21.8 Å². The molecule has 0 aromatic heterocycles. The van der Waals surface area contributed by atoms with Crippen molar-refractivity contribution in [3.63, 3.8) is 0 Å². The third kappa shape index (κ3) is 3.82. The molecule has 0 spiro atoms. The predicted octanol–water partition coefficient (Wildman–Crippen LogP) is 1.72. The minimum atomic E-state index is -0.712. The molecule has 1 saturated heterocycles. The van der Waals surface area contributed by atoms with Crippen LogP contribution in [0.1, 0.15) is 30.1 Å². The summed E-state index contributed by atoms with van der Waals surface area (Å²) in [6.07, 6.45) is 1.28. The van der Waals surface area contributed by atoms with Gasteiger partial charge in [-0.05, 0) is 31.9 Å². The molecule has 1 fully saturated rings. The van der Waals surface area contributed by atoms with E-state index >= 15 is 0 Å². The molecule has 1 atom stereocenters. The van der Waals surface area contributed by atoms with E-state index in [9.17, 15) is 24.1 Å². The van der Waals surface area contributed by atoms with Crippen LogP contribution in [0.25, 0.3) is 0 Å². The van der Waals surface area contributed by atoms with Crippen LogP contribution < -0.4 is 5.32 Å². The van der Waals surface area contributed by atoms with Crippen molar-refractivity contribution in [3.05, 3.63) is 39.7 Å². The first-order valence-corrected chi connectivity index (χ1v) is 7.45. The molecule has 0 radical (unpaired) electrons. The van der Waals surface area contributed by atoms with Crippen molar-refractivity contribution in [1.82, 2.24) is 10.2 Å². The molecule has 2 rings (SSSR count). The number of amides is 2. The van der Waals surface area contributed by atoms with Gasteiger partial charge in [0.2, 0.25) is 5.91 Å². The van der Waals surface area contributed by atoms with Gasteiger partial charge in [-0.3, -0.25) is 19.7 Å². The number of halogens is 1. The van der Waals surface area contributed by atoms with E-state index in [0.717, 1.165) is 18.2 Å². The highest BCUT2D eigenvalue weighted by Gasteiger charge is 2.31. The summed E-state index contributed by atoms with van der Waals surface area (Å²) in [4.78, 5) is 36.1. The predicted molar refractivity (Wildman–Crippen MR) is 80.4 cm³/mol. The summed E-state index contributed by atoms with van der Waals surface area (Å²) in [6.45, 7) is 2.87. The molecule has 23 heavy (non-hydrogen) atoms. The minimum Gasteiger partial charge on any atom is -0.356 e. The molecule has 0 bridgehead atoms. The van der Waals surface area contributed by atoms with Gasteiger partial charge in [0.1, 0.15) is 11.4 Å². The standard InChI is InChI=1S/C15H18FN3O4/c1-2-17-14(20)10-4-3-7-18(9-10)15(21)12-8-11(16)5-6-13(12)19(22)23/h5-6,8,10H,2-4,7,9H2,1H3,(H,17,20). The van der Waals surface area contributed by atoms with Gasteiger partial charge in [0, 0.05) is 25.7 Å². The highest BCUT2D eigenvalue weighted by Crippen LogP contribution is 2.24. The smallest absolute Gasteiger partial charge is 0.282 e. The zero-order valence-electron chi connectivity index (χ0n) is 12.8. The third-order valence-corrected chi connectivity index (χ3v) is 3.82.